The molecule has 134 valence electrons. The fraction of sp³-hybridized carbons (Fsp3) is 0.200. The zero-order valence-corrected chi connectivity index (χ0v) is 14.7. The van der Waals surface area contributed by atoms with Crippen molar-refractivity contribution in [2.45, 2.75) is 25.8 Å². The number of aryl methyl sites for hydroxylation is 1. The highest BCUT2D eigenvalue weighted by Gasteiger charge is 2.33. The minimum Gasteiger partial charge on any atom is -0.350 e. The minimum absolute atomic E-state index is 0.0566. The number of imidazole rings is 1. The summed E-state index contributed by atoms with van der Waals surface area (Å²) in [5.41, 5.74) is 4.59. The number of hydrogen-bond acceptors (Lipinski definition) is 5. The normalized spacial score (nSPS) is 16.8. The second-order valence-electron chi connectivity index (χ2n) is 6.68. The van der Waals surface area contributed by atoms with Crippen molar-refractivity contribution in [3.05, 3.63) is 71.5 Å². The van der Waals surface area contributed by atoms with Gasteiger partial charge in [-0.3, -0.25) is 4.79 Å². The fourth-order valence-corrected chi connectivity index (χ4v) is 3.59. The third-order valence-electron chi connectivity index (χ3n) is 4.90. The van der Waals surface area contributed by atoms with Crippen LogP contribution in [-0.4, -0.2) is 25.4 Å². The van der Waals surface area contributed by atoms with Gasteiger partial charge in [-0.05, 0) is 18.6 Å². The molecule has 0 aliphatic carbocycles. The van der Waals surface area contributed by atoms with Gasteiger partial charge in [-0.2, -0.15) is 4.98 Å². The van der Waals surface area contributed by atoms with Gasteiger partial charge in [-0.15, -0.1) is 0 Å². The van der Waals surface area contributed by atoms with Crippen molar-refractivity contribution in [3.8, 4) is 11.4 Å². The highest BCUT2D eigenvalue weighted by Crippen LogP contribution is 2.33. The van der Waals surface area contributed by atoms with Crippen molar-refractivity contribution in [1.29, 1.82) is 0 Å². The molecule has 4 heterocycles. The third kappa shape index (κ3) is 2.59. The summed E-state index contributed by atoms with van der Waals surface area (Å²) in [6, 6.07) is 13.6. The second-order valence-corrected chi connectivity index (χ2v) is 6.68. The van der Waals surface area contributed by atoms with Crippen molar-refractivity contribution >= 4 is 11.6 Å². The minimum atomic E-state index is -0.343. The molecule has 3 aromatic heterocycles. The molecular formula is C20H17N5O2. The summed E-state index contributed by atoms with van der Waals surface area (Å²) in [5.74, 6) is 0.542. The first-order valence-corrected chi connectivity index (χ1v) is 8.83. The fourth-order valence-electron chi connectivity index (χ4n) is 3.59. The van der Waals surface area contributed by atoms with Crippen LogP contribution in [0.3, 0.4) is 0 Å². The molecule has 1 aromatic carbocycles. The molecule has 0 saturated carbocycles. The van der Waals surface area contributed by atoms with E-state index in [2.05, 4.69) is 15.5 Å². The van der Waals surface area contributed by atoms with Crippen LogP contribution >= 0.6 is 0 Å². The van der Waals surface area contributed by atoms with Crippen LogP contribution in [-0.2, 0) is 11.3 Å². The van der Waals surface area contributed by atoms with E-state index in [9.17, 15) is 4.79 Å². The third-order valence-corrected chi connectivity index (χ3v) is 4.90. The van der Waals surface area contributed by atoms with Crippen molar-refractivity contribution < 1.29 is 9.32 Å². The molecule has 1 aliphatic rings. The van der Waals surface area contributed by atoms with Gasteiger partial charge in [-0.25, -0.2) is 4.98 Å². The molecule has 4 aromatic rings. The monoisotopic (exact) mass is 359 g/mol. The number of nitrogens with zero attached hydrogens (tertiary/aromatic N) is 4. The average molecular weight is 359 g/mol. The van der Waals surface area contributed by atoms with Crippen molar-refractivity contribution in [3.63, 3.8) is 0 Å². The molecule has 0 bridgehead atoms. The summed E-state index contributed by atoms with van der Waals surface area (Å²) in [6.45, 7) is 2.42. The molecule has 7 nitrogen and oxygen atoms in total. The first kappa shape index (κ1) is 15.7. The predicted molar refractivity (Wildman–Crippen MR) is 98.0 cm³/mol. The molecule has 27 heavy (non-hydrogen) atoms. The van der Waals surface area contributed by atoms with Crippen molar-refractivity contribution in [2.24, 2.45) is 0 Å². The summed E-state index contributed by atoms with van der Waals surface area (Å²) in [7, 11) is 0. The smallest absolute Gasteiger partial charge is 0.236 e. The van der Waals surface area contributed by atoms with Gasteiger partial charge in [0.25, 0.3) is 0 Å². The molecule has 1 aliphatic heterocycles. The maximum Gasteiger partial charge on any atom is 0.236 e. The first-order chi connectivity index (χ1) is 13.2. The van der Waals surface area contributed by atoms with E-state index in [1.165, 1.54) is 0 Å². The van der Waals surface area contributed by atoms with Gasteiger partial charge >= 0.3 is 0 Å². The van der Waals surface area contributed by atoms with Crippen LogP contribution in [0.2, 0.25) is 0 Å². The van der Waals surface area contributed by atoms with E-state index in [1.807, 2.05) is 60.0 Å². The summed E-state index contributed by atoms with van der Waals surface area (Å²) in [4.78, 5) is 21.6. The van der Waals surface area contributed by atoms with Crippen LogP contribution in [0, 0.1) is 6.92 Å². The average Bonchev–Trinajstić information content (AvgIpc) is 3.28. The zero-order chi connectivity index (χ0) is 18.4. The van der Waals surface area contributed by atoms with Gasteiger partial charge in [0, 0.05) is 18.2 Å². The Hall–Kier alpha value is -3.48. The van der Waals surface area contributed by atoms with E-state index < -0.39 is 0 Å². The van der Waals surface area contributed by atoms with Crippen molar-refractivity contribution in [2.75, 3.05) is 0 Å². The van der Waals surface area contributed by atoms with Crippen LogP contribution in [0.15, 0.2) is 53.2 Å². The summed E-state index contributed by atoms with van der Waals surface area (Å²) in [6.07, 6.45) is 2.20. The molecule has 0 spiro atoms. The van der Waals surface area contributed by atoms with Crippen molar-refractivity contribution in [1.82, 2.24) is 24.8 Å². The Morgan fingerprint density at radius 3 is 2.85 bits per heavy atom. The largest absolute Gasteiger partial charge is 0.350 e. The van der Waals surface area contributed by atoms with E-state index in [0.29, 0.717) is 18.3 Å². The van der Waals surface area contributed by atoms with Crippen LogP contribution < -0.4 is 5.32 Å². The van der Waals surface area contributed by atoms with E-state index in [4.69, 9.17) is 9.51 Å². The Kier molecular flexibility index (Phi) is 3.53. The highest BCUT2D eigenvalue weighted by molar-refractivity contribution is 5.78. The quantitative estimate of drug-likeness (QED) is 0.595. The number of fused-ring (bicyclic) bond motifs is 3. The second kappa shape index (κ2) is 6.05. The predicted octanol–water partition coefficient (Wildman–Crippen LogP) is 2.84. The molecular weight excluding hydrogens is 342 g/mol. The molecule has 0 saturated heterocycles. The topological polar surface area (TPSA) is 85.3 Å². The Morgan fingerprint density at radius 2 is 2.00 bits per heavy atom. The number of aromatic nitrogens is 4. The van der Waals surface area contributed by atoms with Crippen LogP contribution in [0.4, 0.5) is 0 Å². The first-order valence-electron chi connectivity index (χ1n) is 8.83. The van der Waals surface area contributed by atoms with Crippen LogP contribution in [0.25, 0.3) is 17.0 Å². The molecule has 1 amide bonds. The van der Waals surface area contributed by atoms with Gasteiger partial charge in [0.05, 0.1) is 23.9 Å². The number of benzene rings is 1. The molecule has 7 heteroatoms. The highest BCUT2D eigenvalue weighted by atomic mass is 16.5. The Bertz CT molecular complexity index is 1150. The number of carbonyl (C=O) groups excluding carboxylic acids is 1. The molecule has 5 rings (SSSR count). The van der Waals surface area contributed by atoms with E-state index >= 15 is 0 Å². The lowest BCUT2D eigenvalue weighted by molar-refractivity contribution is -0.121. The van der Waals surface area contributed by atoms with Gasteiger partial charge in [0.2, 0.25) is 17.6 Å². The lowest BCUT2D eigenvalue weighted by Crippen LogP contribution is -2.21. The number of pyridine rings is 1. The number of carbonyl (C=O) groups is 1. The maximum absolute atomic E-state index is 12.3. The summed E-state index contributed by atoms with van der Waals surface area (Å²) >= 11 is 0. The number of amides is 1. The standard InChI is InChI=1S/C20H17N5O2/c1-12-6-5-9-25-17-14(10-16(26)21-11-15(17)22-19(12)25)20-23-18(24-27-20)13-7-3-2-4-8-13/h2-9,14H,10-11H2,1H3,(H,21,26)/t14-/m0/s1. The van der Waals surface area contributed by atoms with Gasteiger partial charge < -0.3 is 14.2 Å². The molecule has 0 fully saturated rings. The SMILES string of the molecule is Cc1cccn2c3c(nc12)CNC(=O)C[C@@H]3c1nc(-c2ccccc2)no1. The van der Waals surface area contributed by atoms with Gasteiger partial charge in [0.1, 0.15) is 5.65 Å². The van der Waals surface area contributed by atoms with E-state index in [-0.39, 0.29) is 18.2 Å². The van der Waals surface area contributed by atoms with E-state index in [0.717, 1.165) is 28.2 Å². The van der Waals surface area contributed by atoms with Crippen LogP contribution in [0.1, 0.15) is 35.2 Å². The maximum atomic E-state index is 12.3. The molecule has 0 radical (unpaired) electrons. The van der Waals surface area contributed by atoms with Crippen LogP contribution in [0.5, 0.6) is 0 Å². The van der Waals surface area contributed by atoms with Gasteiger partial charge in [-0.1, -0.05) is 41.6 Å². The Labute approximate surface area is 155 Å². The number of rotatable bonds is 2. The van der Waals surface area contributed by atoms with Gasteiger partial charge in [0.15, 0.2) is 0 Å². The number of nitrogens with one attached hydrogen (secondary N) is 1. The molecule has 1 atom stereocenters. The Morgan fingerprint density at radius 1 is 1.15 bits per heavy atom. The lowest BCUT2D eigenvalue weighted by atomic mass is 10.00. The summed E-state index contributed by atoms with van der Waals surface area (Å²) in [5, 5.41) is 7.04. The lowest BCUT2D eigenvalue weighted by Gasteiger charge is -2.11. The number of hydrogen-bond donors (Lipinski definition) is 1. The zero-order valence-electron chi connectivity index (χ0n) is 14.7. The van der Waals surface area contributed by atoms with E-state index in [1.54, 1.807) is 0 Å². The summed E-state index contributed by atoms with van der Waals surface area (Å²) < 4.78 is 7.62. The Balaban J connectivity index is 1.66. The molecule has 0 unspecified atom stereocenters. The molecule has 1 N–H and O–H groups in total.